The van der Waals surface area contributed by atoms with E-state index in [4.69, 9.17) is 5.73 Å². The first-order chi connectivity index (χ1) is 10.5. The van der Waals surface area contributed by atoms with Crippen LogP contribution >= 0.6 is 12.6 Å². The van der Waals surface area contributed by atoms with Crippen molar-refractivity contribution in [3.05, 3.63) is 36.0 Å². The fraction of sp³-hybridized carbons (Fsp3) is 0.200. The molecule has 1 aromatic heterocycles. The number of primary amides is 1. The minimum atomic E-state index is -0.624. The van der Waals surface area contributed by atoms with Crippen molar-refractivity contribution in [3.8, 4) is 0 Å². The van der Waals surface area contributed by atoms with Crippen LogP contribution in [0.5, 0.6) is 0 Å². The summed E-state index contributed by atoms with van der Waals surface area (Å²) in [6.45, 7) is -0.227. The summed E-state index contributed by atoms with van der Waals surface area (Å²) < 4.78 is 0. The van der Waals surface area contributed by atoms with Gasteiger partial charge < -0.3 is 11.1 Å². The number of nitrogens with two attached hydrogens (primary N) is 1. The van der Waals surface area contributed by atoms with Crippen LogP contribution < -0.4 is 11.1 Å². The Balaban J connectivity index is 2.04. The molecule has 22 heavy (non-hydrogen) atoms. The zero-order valence-corrected chi connectivity index (χ0v) is 12.6. The van der Waals surface area contributed by atoms with Gasteiger partial charge in [0.25, 0.3) is 0 Å². The molecule has 6 nitrogen and oxygen atoms in total. The number of Topliss-reactive ketones (excluding diaryl/α,β-unsaturated/α-hetero) is 1. The van der Waals surface area contributed by atoms with Crippen molar-refractivity contribution in [1.82, 2.24) is 10.3 Å². The van der Waals surface area contributed by atoms with Gasteiger partial charge in [-0.15, -0.1) is 12.6 Å². The van der Waals surface area contributed by atoms with E-state index in [1.54, 1.807) is 24.4 Å². The fourth-order valence-electron chi connectivity index (χ4n) is 1.98. The second kappa shape index (κ2) is 7.04. The lowest BCUT2D eigenvalue weighted by atomic mass is 10.0. The van der Waals surface area contributed by atoms with Crippen LogP contribution in [0.4, 0.5) is 0 Å². The highest BCUT2D eigenvalue weighted by Gasteiger charge is 2.12. The lowest BCUT2D eigenvalue weighted by Gasteiger charge is -2.06. The molecule has 0 saturated heterocycles. The van der Waals surface area contributed by atoms with Gasteiger partial charge in [-0.2, -0.15) is 0 Å². The maximum Gasteiger partial charge on any atom is 0.236 e. The first-order valence-electron chi connectivity index (χ1n) is 6.63. The SMILES string of the molecule is NC(=O)CNC(=O)CCC(=O)c1cc(S)c2ncccc2c1. The molecule has 0 aliphatic heterocycles. The summed E-state index contributed by atoms with van der Waals surface area (Å²) in [7, 11) is 0. The number of thiol groups is 1. The minimum Gasteiger partial charge on any atom is -0.368 e. The van der Waals surface area contributed by atoms with E-state index in [9.17, 15) is 14.4 Å². The number of rotatable bonds is 6. The number of nitrogens with zero attached hydrogens (tertiary/aromatic N) is 1. The Morgan fingerprint density at radius 1 is 1.23 bits per heavy atom. The monoisotopic (exact) mass is 317 g/mol. The van der Waals surface area contributed by atoms with Crippen molar-refractivity contribution in [2.24, 2.45) is 5.73 Å². The summed E-state index contributed by atoms with van der Waals surface area (Å²) >= 11 is 4.33. The van der Waals surface area contributed by atoms with Crippen LogP contribution in [0.1, 0.15) is 23.2 Å². The summed E-state index contributed by atoms with van der Waals surface area (Å²) in [5.41, 5.74) is 6.13. The Morgan fingerprint density at radius 2 is 2.00 bits per heavy atom. The van der Waals surface area contributed by atoms with Gasteiger partial charge in [-0.3, -0.25) is 19.4 Å². The number of ketones is 1. The molecule has 0 bridgehead atoms. The molecule has 0 spiro atoms. The first-order valence-corrected chi connectivity index (χ1v) is 7.08. The molecule has 0 aliphatic rings. The summed E-state index contributed by atoms with van der Waals surface area (Å²) in [6.07, 6.45) is 1.70. The molecule has 0 saturated carbocycles. The molecule has 7 heteroatoms. The van der Waals surface area contributed by atoms with Crippen LogP contribution in [0.2, 0.25) is 0 Å². The Hall–Kier alpha value is -2.41. The second-order valence-corrected chi connectivity index (χ2v) is 5.22. The van der Waals surface area contributed by atoms with Gasteiger partial charge in [0.05, 0.1) is 12.1 Å². The van der Waals surface area contributed by atoms with Crippen molar-refractivity contribution >= 4 is 41.1 Å². The Morgan fingerprint density at radius 3 is 2.73 bits per heavy atom. The Bertz CT molecular complexity index is 746. The maximum atomic E-state index is 12.2. The van der Waals surface area contributed by atoms with Crippen molar-refractivity contribution in [1.29, 1.82) is 0 Å². The van der Waals surface area contributed by atoms with Gasteiger partial charge in [-0.25, -0.2) is 0 Å². The van der Waals surface area contributed by atoms with Gasteiger partial charge in [0, 0.05) is 34.9 Å². The van der Waals surface area contributed by atoms with E-state index >= 15 is 0 Å². The number of nitrogens with one attached hydrogen (secondary N) is 1. The number of hydrogen-bond acceptors (Lipinski definition) is 5. The smallest absolute Gasteiger partial charge is 0.236 e. The van der Waals surface area contributed by atoms with Crippen LogP contribution in [0.3, 0.4) is 0 Å². The minimum absolute atomic E-state index is 0.000898. The Labute approximate surface area is 132 Å². The summed E-state index contributed by atoms with van der Waals surface area (Å²) in [5.74, 6) is -1.18. The molecule has 2 amide bonds. The van der Waals surface area contributed by atoms with Crippen LogP contribution in [0.15, 0.2) is 35.4 Å². The molecular weight excluding hydrogens is 302 g/mol. The van der Waals surface area contributed by atoms with E-state index in [2.05, 4.69) is 22.9 Å². The topological polar surface area (TPSA) is 102 Å². The van der Waals surface area contributed by atoms with Gasteiger partial charge in [0.1, 0.15) is 0 Å². The molecular formula is C15H15N3O3S. The van der Waals surface area contributed by atoms with Crippen LogP contribution in [0, 0.1) is 0 Å². The first kappa shape index (κ1) is 16.0. The number of pyridine rings is 1. The van der Waals surface area contributed by atoms with E-state index in [1.807, 2.05) is 6.07 Å². The number of fused-ring (bicyclic) bond motifs is 1. The lowest BCUT2D eigenvalue weighted by Crippen LogP contribution is -2.33. The average molecular weight is 317 g/mol. The quantitative estimate of drug-likeness (QED) is 0.548. The van der Waals surface area contributed by atoms with E-state index in [0.29, 0.717) is 10.5 Å². The predicted molar refractivity (Wildman–Crippen MR) is 84.8 cm³/mol. The van der Waals surface area contributed by atoms with Gasteiger partial charge in [0.2, 0.25) is 11.8 Å². The summed E-state index contributed by atoms with van der Waals surface area (Å²) in [6, 6.07) is 6.99. The normalized spacial score (nSPS) is 10.4. The molecule has 0 aliphatic carbocycles. The van der Waals surface area contributed by atoms with Crippen molar-refractivity contribution < 1.29 is 14.4 Å². The number of aromatic nitrogens is 1. The van der Waals surface area contributed by atoms with Crippen LogP contribution in [-0.2, 0) is 9.59 Å². The molecule has 0 radical (unpaired) electrons. The van der Waals surface area contributed by atoms with E-state index in [0.717, 1.165) is 10.9 Å². The second-order valence-electron chi connectivity index (χ2n) is 4.74. The zero-order chi connectivity index (χ0) is 16.1. The molecule has 0 atom stereocenters. The highest BCUT2D eigenvalue weighted by atomic mass is 32.1. The highest BCUT2D eigenvalue weighted by molar-refractivity contribution is 7.80. The molecule has 0 fully saturated rings. The van der Waals surface area contributed by atoms with Crippen molar-refractivity contribution in [2.75, 3.05) is 6.54 Å². The molecule has 114 valence electrons. The number of amides is 2. The fourth-order valence-corrected chi connectivity index (χ4v) is 2.31. The molecule has 1 heterocycles. The number of benzene rings is 1. The molecule has 2 rings (SSSR count). The standard InChI is InChI=1S/C15H15N3O3S/c16-13(20)8-18-14(21)4-3-11(19)10-6-9-2-1-5-17-15(9)12(22)7-10/h1-2,5-7,22H,3-4,8H2,(H2,16,20)(H,18,21). The Kier molecular flexibility index (Phi) is 5.11. The van der Waals surface area contributed by atoms with Crippen molar-refractivity contribution in [3.63, 3.8) is 0 Å². The summed E-state index contributed by atoms with van der Waals surface area (Å²) in [4.78, 5) is 39.0. The van der Waals surface area contributed by atoms with Gasteiger partial charge in [0.15, 0.2) is 5.78 Å². The van der Waals surface area contributed by atoms with Gasteiger partial charge in [-0.1, -0.05) is 6.07 Å². The predicted octanol–water partition coefficient (Wildman–Crippen LogP) is 1.09. The number of carbonyl (C=O) groups is 3. The number of hydrogen-bond donors (Lipinski definition) is 3. The maximum absolute atomic E-state index is 12.2. The van der Waals surface area contributed by atoms with Crippen LogP contribution in [0.25, 0.3) is 10.9 Å². The molecule has 2 aromatic rings. The molecule has 0 unspecified atom stereocenters. The van der Waals surface area contributed by atoms with Crippen molar-refractivity contribution in [2.45, 2.75) is 17.7 Å². The van der Waals surface area contributed by atoms with E-state index in [-0.39, 0.29) is 31.1 Å². The van der Waals surface area contributed by atoms with Gasteiger partial charge >= 0.3 is 0 Å². The average Bonchev–Trinajstić information content (AvgIpc) is 2.50. The van der Waals surface area contributed by atoms with Crippen LogP contribution in [-0.4, -0.2) is 29.1 Å². The molecule has 1 aromatic carbocycles. The largest absolute Gasteiger partial charge is 0.368 e. The third kappa shape index (κ3) is 4.05. The number of carbonyl (C=O) groups excluding carboxylic acids is 3. The van der Waals surface area contributed by atoms with E-state index < -0.39 is 5.91 Å². The third-order valence-electron chi connectivity index (χ3n) is 3.05. The highest BCUT2D eigenvalue weighted by Crippen LogP contribution is 2.22. The lowest BCUT2D eigenvalue weighted by molar-refractivity contribution is -0.124. The van der Waals surface area contributed by atoms with E-state index in [1.165, 1.54) is 0 Å². The summed E-state index contributed by atoms with van der Waals surface area (Å²) in [5, 5.41) is 3.16. The third-order valence-corrected chi connectivity index (χ3v) is 3.39. The molecule has 3 N–H and O–H groups in total. The zero-order valence-electron chi connectivity index (χ0n) is 11.7. The van der Waals surface area contributed by atoms with Gasteiger partial charge in [-0.05, 0) is 18.2 Å².